The van der Waals surface area contributed by atoms with Crippen LogP contribution >= 0.6 is 0 Å². The Labute approximate surface area is 127 Å². The number of ether oxygens (including phenoxy) is 1. The minimum atomic E-state index is -0.0530. The topological polar surface area (TPSA) is 64.3 Å². The Morgan fingerprint density at radius 2 is 2.10 bits per heavy atom. The van der Waals surface area contributed by atoms with Crippen molar-refractivity contribution in [3.63, 3.8) is 0 Å². The van der Waals surface area contributed by atoms with Gasteiger partial charge in [-0.1, -0.05) is 19.8 Å². The van der Waals surface area contributed by atoms with E-state index in [0.29, 0.717) is 23.6 Å². The highest BCUT2D eigenvalue weighted by molar-refractivity contribution is 5.95. The first kappa shape index (κ1) is 15.7. The molecule has 1 fully saturated rings. The molecule has 1 aromatic carbocycles. The molecule has 21 heavy (non-hydrogen) atoms. The van der Waals surface area contributed by atoms with Gasteiger partial charge in [0.1, 0.15) is 5.75 Å². The number of benzene rings is 1. The third-order valence-corrected chi connectivity index (χ3v) is 4.09. The Bertz CT molecular complexity index is 488. The normalized spacial score (nSPS) is 22.4. The lowest BCUT2D eigenvalue weighted by Gasteiger charge is -2.17. The largest absolute Gasteiger partial charge is 0.494 e. The van der Waals surface area contributed by atoms with E-state index in [0.717, 1.165) is 18.8 Å². The summed E-state index contributed by atoms with van der Waals surface area (Å²) in [4.78, 5) is 12.4. The third-order valence-electron chi connectivity index (χ3n) is 4.09. The molecule has 0 aromatic heterocycles. The number of nitrogen functional groups attached to an aromatic ring is 1. The van der Waals surface area contributed by atoms with Crippen LogP contribution < -0.4 is 15.8 Å². The number of nitrogens with one attached hydrogen (secondary N) is 1. The number of carbonyl (C=O) groups excluding carboxylic acids is 1. The second-order valence-electron chi connectivity index (χ2n) is 6.01. The molecule has 2 unspecified atom stereocenters. The van der Waals surface area contributed by atoms with Gasteiger partial charge in [-0.3, -0.25) is 4.79 Å². The second-order valence-corrected chi connectivity index (χ2v) is 6.01. The molecule has 4 nitrogen and oxygen atoms in total. The number of hydrogen-bond donors (Lipinski definition) is 2. The van der Waals surface area contributed by atoms with Gasteiger partial charge < -0.3 is 15.8 Å². The molecule has 0 radical (unpaired) electrons. The summed E-state index contributed by atoms with van der Waals surface area (Å²) in [5.41, 5.74) is 6.98. The summed E-state index contributed by atoms with van der Waals surface area (Å²) >= 11 is 0. The van der Waals surface area contributed by atoms with Crippen molar-refractivity contribution in [2.24, 2.45) is 5.92 Å². The maximum absolute atomic E-state index is 12.4. The molecule has 116 valence electrons. The van der Waals surface area contributed by atoms with Crippen molar-refractivity contribution in [3.8, 4) is 5.75 Å². The molecule has 1 amide bonds. The van der Waals surface area contributed by atoms with Gasteiger partial charge in [-0.2, -0.15) is 0 Å². The third kappa shape index (κ3) is 4.66. The van der Waals surface area contributed by atoms with Gasteiger partial charge in [-0.15, -0.1) is 0 Å². The first-order valence-electron chi connectivity index (χ1n) is 7.92. The molecule has 1 aliphatic carbocycles. The number of hydrogen-bond acceptors (Lipinski definition) is 3. The van der Waals surface area contributed by atoms with Crippen molar-refractivity contribution in [1.29, 1.82) is 0 Å². The van der Waals surface area contributed by atoms with E-state index in [2.05, 4.69) is 12.2 Å². The molecule has 0 saturated heterocycles. The van der Waals surface area contributed by atoms with Crippen molar-refractivity contribution >= 4 is 11.6 Å². The molecule has 1 saturated carbocycles. The molecule has 2 atom stereocenters. The summed E-state index contributed by atoms with van der Waals surface area (Å²) in [6, 6.07) is 5.48. The van der Waals surface area contributed by atoms with E-state index in [1.54, 1.807) is 18.2 Å². The van der Waals surface area contributed by atoms with Gasteiger partial charge >= 0.3 is 0 Å². The number of amides is 1. The quantitative estimate of drug-likeness (QED) is 0.660. The lowest BCUT2D eigenvalue weighted by atomic mass is 10.0. The van der Waals surface area contributed by atoms with Gasteiger partial charge in [0, 0.05) is 23.4 Å². The zero-order valence-electron chi connectivity index (χ0n) is 13.0. The Hall–Kier alpha value is -1.71. The molecule has 1 aliphatic rings. The van der Waals surface area contributed by atoms with Crippen LogP contribution in [0.25, 0.3) is 0 Å². The van der Waals surface area contributed by atoms with E-state index < -0.39 is 0 Å². The highest BCUT2D eigenvalue weighted by Gasteiger charge is 2.19. The average molecular weight is 290 g/mol. The molecule has 2 rings (SSSR count). The lowest BCUT2D eigenvalue weighted by Crippen LogP contribution is -2.34. The van der Waals surface area contributed by atoms with E-state index >= 15 is 0 Å². The van der Waals surface area contributed by atoms with Crippen LogP contribution in [-0.2, 0) is 0 Å². The zero-order chi connectivity index (χ0) is 15.2. The molecule has 0 bridgehead atoms. The summed E-state index contributed by atoms with van der Waals surface area (Å²) < 4.78 is 5.44. The van der Waals surface area contributed by atoms with Gasteiger partial charge in [0.05, 0.1) is 6.61 Å². The Kier molecular flexibility index (Phi) is 5.48. The van der Waals surface area contributed by atoms with Gasteiger partial charge in [0.15, 0.2) is 0 Å². The van der Waals surface area contributed by atoms with E-state index in [1.807, 2.05) is 6.92 Å². The van der Waals surface area contributed by atoms with E-state index in [1.165, 1.54) is 19.3 Å². The maximum atomic E-state index is 12.4. The van der Waals surface area contributed by atoms with Crippen LogP contribution in [0.3, 0.4) is 0 Å². The van der Waals surface area contributed by atoms with E-state index in [9.17, 15) is 4.79 Å². The predicted molar refractivity (Wildman–Crippen MR) is 85.5 cm³/mol. The number of nitrogens with two attached hydrogens (primary N) is 1. The first-order valence-corrected chi connectivity index (χ1v) is 7.92. The van der Waals surface area contributed by atoms with Crippen molar-refractivity contribution in [3.05, 3.63) is 23.8 Å². The van der Waals surface area contributed by atoms with E-state index in [4.69, 9.17) is 10.5 Å². The number of carbonyl (C=O) groups is 1. The molecular weight excluding hydrogens is 264 g/mol. The fourth-order valence-corrected chi connectivity index (χ4v) is 2.90. The van der Waals surface area contributed by atoms with Crippen LogP contribution in [-0.4, -0.2) is 18.6 Å². The SMILES string of the molecule is CCOc1cc(N)cc(C(=O)NC2CCCC(C)CC2)c1. The molecule has 3 N–H and O–H groups in total. The summed E-state index contributed by atoms with van der Waals surface area (Å²) in [6.07, 6.45) is 5.77. The predicted octanol–water partition coefficient (Wildman–Crippen LogP) is 3.37. The van der Waals surface area contributed by atoms with Crippen LogP contribution in [0.2, 0.25) is 0 Å². The molecule has 0 spiro atoms. The number of anilines is 1. The maximum Gasteiger partial charge on any atom is 0.251 e. The standard InChI is InChI=1S/C17H26N2O2/c1-3-21-16-10-13(9-14(18)11-16)17(20)19-15-6-4-5-12(2)7-8-15/h9-12,15H,3-8,18H2,1-2H3,(H,19,20). The van der Waals surface area contributed by atoms with Crippen LogP contribution in [0.4, 0.5) is 5.69 Å². The molecular formula is C17H26N2O2. The molecule has 4 heteroatoms. The van der Waals surface area contributed by atoms with Crippen molar-refractivity contribution in [1.82, 2.24) is 5.32 Å². The van der Waals surface area contributed by atoms with Gasteiger partial charge in [0.25, 0.3) is 5.91 Å². The summed E-state index contributed by atoms with van der Waals surface area (Å²) in [6.45, 7) is 4.76. The van der Waals surface area contributed by atoms with E-state index in [-0.39, 0.29) is 11.9 Å². The Morgan fingerprint density at radius 1 is 1.29 bits per heavy atom. The van der Waals surface area contributed by atoms with Crippen molar-refractivity contribution in [2.75, 3.05) is 12.3 Å². The Morgan fingerprint density at radius 3 is 2.86 bits per heavy atom. The summed E-state index contributed by atoms with van der Waals surface area (Å²) in [5, 5.41) is 3.14. The van der Waals surface area contributed by atoms with Crippen LogP contribution in [0.15, 0.2) is 18.2 Å². The summed E-state index contributed by atoms with van der Waals surface area (Å²) in [5.74, 6) is 1.36. The first-order chi connectivity index (χ1) is 10.1. The van der Waals surface area contributed by atoms with Gasteiger partial charge in [-0.05, 0) is 44.2 Å². The Balaban J connectivity index is 2.02. The molecule has 0 aliphatic heterocycles. The minimum absolute atomic E-state index is 0.0530. The van der Waals surface area contributed by atoms with Crippen molar-refractivity contribution < 1.29 is 9.53 Å². The molecule has 0 heterocycles. The fraction of sp³-hybridized carbons (Fsp3) is 0.588. The fourth-order valence-electron chi connectivity index (χ4n) is 2.90. The van der Waals surface area contributed by atoms with Gasteiger partial charge in [-0.25, -0.2) is 0 Å². The van der Waals surface area contributed by atoms with Crippen LogP contribution in [0.1, 0.15) is 56.3 Å². The van der Waals surface area contributed by atoms with Crippen molar-refractivity contribution in [2.45, 2.75) is 52.0 Å². The van der Waals surface area contributed by atoms with Gasteiger partial charge in [0.2, 0.25) is 0 Å². The highest BCUT2D eigenvalue weighted by atomic mass is 16.5. The minimum Gasteiger partial charge on any atom is -0.494 e. The van der Waals surface area contributed by atoms with Crippen LogP contribution in [0, 0.1) is 5.92 Å². The van der Waals surface area contributed by atoms with Crippen LogP contribution in [0.5, 0.6) is 5.75 Å². The average Bonchev–Trinajstić information content (AvgIpc) is 2.63. The highest BCUT2D eigenvalue weighted by Crippen LogP contribution is 2.23. The second kappa shape index (κ2) is 7.34. The smallest absolute Gasteiger partial charge is 0.251 e. The molecule has 1 aromatic rings. The lowest BCUT2D eigenvalue weighted by molar-refractivity contribution is 0.0932. The number of rotatable bonds is 4. The summed E-state index contributed by atoms with van der Waals surface area (Å²) in [7, 11) is 0. The monoisotopic (exact) mass is 290 g/mol. The zero-order valence-corrected chi connectivity index (χ0v) is 13.0.